The van der Waals surface area contributed by atoms with Crippen molar-refractivity contribution in [2.45, 2.75) is 49.9 Å². The van der Waals surface area contributed by atoms with Crippen molar-refractivity contribution in [1.29, 1.82) is 0 Å². The molecule has 8 heteroatoms. The van der Waals surface area contributed by atoms with Crippen molar-refractivity contribution >= 4 is 45.3 Å². The summed E-state index contributed by atoms with van der Waals surface area (Å²) in [6.07, 6.45) is 3.49. The van der Waals surface area contributed by atoms with E-state index in [0.717, 1.165) is 33.6 Å². The van der Waals surface area contributed by atoms with E-state index in [9.17, 15) is 9.59 Å². The molecule has 2 N–H and O–H groups in total. The molecule has 0 saturated heterocycles. The molecule has 122 valence electrons. The minimum atomic E-state index is -0.419. The third kappa shape index (κ3) is 3.64. The number of thiophene rings is 1. The van der Waals surface area contributed by atoms with Gasteiger partial charge in [-0.05, 0) is 39.2 Å². The van der Waals surface area contributed by atoms with Crippen LogP contribution in [0.5, 0.6) is 0 Å². The number of hydrogen-bond donors (Lipinski definition) is 2. The Morgan fingerprint density at radius 2 is 2.09 bits per heavy atom. The molecule has 23 heavy (non-hydrogen) atoms. The van der Waals surface area contributed by atoms with Gasteiger partial charge < -0.3 is 5.32 Å². The van der Waals surface area contributed by atoms with Gasteiger partial charge in [-0.2, -0.15) is 0 Å². The van der Waals surface area contributed by atoms with Crippen LogP contribution in [0.25, 0.3) is 10.2 Å². The van der Waals surface area contributed by atoms with Crippen LogP contribution in [0.2, 0.25) is 0 Å². The van der Waals surface area contributed by atoms with E-state index in [1.807, 2.05) is 6.92 Å². The second-order valence-electron chi connectivity index (χ2n) is 5.64. The Labute approximate surface area is 142 Å². The highest BCUT2D eigenvalue weighted by atomic mass is 32.2. The Hall–Kier alpha value is -1.67. The number of imide groups is 1. The second-order valence-corrected chi connectivity index (χ2v) is 8.17. The zero-order valence-electron chi connectivity index (χ0n) is 13.2. The Morgan fingerprint density at radius 1 is 1.35 bits per heavy atom. The molecule has 1 unspecified atom stereocenters. The van der Waals surface area contributed by atoms with E-state index in [4.69, 9.17) is 0 Å². The molecule has 2 aromatic rings. The first-order valence-corrected chi connectivity index (χ1v) is 9.14. The third-order valence-corrected chi connectivity index (χ3v) is 5.95. The van der Waals surface area contributed by atoms with Crippen LogP contribution in [0.3, 0.4) is 0 Å². The number of aromatic nitrogens is 2. The first-order chi connectivity index (χ1) is 11.0. The van der Waals surface area contributed by atoms with Gasteiger partial charge in [0.1, 0.15) is 16.2 Å². The SMILES string of the molecule is Cc1sc2ncnc(SC(C)C(=O)NC(=O)NC3CC3)c2c1C. The van der Waals surface area contributed by atoms with E-state index in [2.05, 4.69) is 27.5 Å². The number of carbonyl (C=O) groups excluding carboxylic acids is 2. The molecular formula is C15H18N4O2S2. The van der Waals surface area contributed by atoms with Crippen molar-refractivity contribution in [3.05, 3.63) is 16.8 Å². The van der Waals surface area contributed by atoms with Gasteiger partial charge in [0.15, 0.2) is 0 Å². The van der Waals surface area contributed by atoms with Crippen molar-refractivity contribution in [3.63, 3.8) is 0 Å². The highest BCUT2D eigenvalue weighted by Crippen LogP contribution is 2.35. The number of urea groups is 1. The lowest BCUT2D eigenvalue weighted by Crippen LogP contribution is -2.43. The van der Waals surface area contributed by atoms with Crippen molar-refractivity contribution in [2.75, 3.05) is 0 Å². The molecule has 0 bridgehead atoms. The molecule has 1 saturated carbocycles. The quantitative estimate of drug-likeness (QED) is 0.654. The number of fused-ring (bicyclic) bond motifs is 1. The number of aryl methyl sites for hydroxylation is 2. The summed E-state index contributed by atoms with van der Waals surface area (Å²) in [5, 5.41) is 6.49. The average Bonchev–Trinajstić information content (AvgIpc) is 3.25. The van der Waals surface area contributed by atoms with E-state index in [0.29, 0.717) is 0 Å². The van der Waals surface area contributed by atoms with Crippen LogP contribution in [0.1, 0.15) is 30.2 Å². The number of hydrogen-bond acceptors (Lipinski definition) is 6. The number of rotatable bonds is 4. The van der Waals surface area contributed by atoms with Crippen LogP contribution < -0.4 is 10.6 Å². The van der Waals surface area contributed by atoms with Crippen LogP contribution in [-0.4, -0.2) is 33.2 Å². The molecule has 1 atom stereocenters. The smallest absolute Gasteiger partial charge is 0.321 e. The van der Waals surface area contributed by atoms with Crippen LogP contribution >= 0.6 is 23.1 Å². The monoisotopic (exact) mass is 350 g/mol. The molecule has 1 aliphatic rings. The van der Waals surface area contributed by atoms with Gasteiger partial charge in [-0.15, -0.1) is 11.3 Å². The van der Waals surface area contributed by atoms with Crippen LogP contribution in [-0.2, 0) is 4.79 Å². The molecule has 1 aliphatic carbocycles. The first-order valence-electron chi connectivity index (χ1n) is 7.44. The summed E-state index contributed by atoms with van der Waals surface area (Å²) in [5.74, 6) is -0.315. The highest BCUT2D eigenvalue weighted by molar-refractivity contribution is 8.00. The number of thioether (sulfide) groups is 1. The molecular weight excluding hydrogens is 332 g/mol. The fourth-order valence-electron chi connectivity index (χ4n) is 2.12. The number of carbonyl (C=O) groups is 2. The van der Waals surface area contributed by atoms with Gasteiger partial charge in [-0.1, -0.05) is 11.8 Å². The lowest BCUT2D eigenvalue weighted by atomic mass is 10.2. The summed E-state index contributed by atoms with van der Waals surface area (Å²) in [4.78, 5) is 34.5. The largest absolute Gasteiger partial charge is 0.335 e. The molecule has 3 amide bonds. The summed E-state index contributed by atoms with van der Waals surface area (Å²) in [6, 6.07) is -0.191. The summed E-state index contributed by atoms with van der Waals surface area (Å²) >= 11 is 2.97. The van der Waals surface area contributed by atoms with Gasteiger partial charge in [-0.25, -0.2) is 14.8 Å². The topological polar surface area (TPSA) is 84.0 Å². The van der Waals surface area contributed by atoms with Crippen LogP contribution in [0, 0.1) is 13.8 Å². The number of nitrogens with one attached hydrogen (secondary N) is 2. The molecule has 0 aromatic carbocycles. The molecule has 0 radical (unpaired) electrons. The fraction of sp³-hybridized carbons (Fsp3) is 0.467. The predicted molar refractivity (Wildman–Crippen MR) is 91.9 cm³/mol. The van der Waals surface area contributed by atoms with E-state index < -0.39 is 11.3 Å². The van der Waals surface area contributed by atoms with E-state index in [1.165, 1.54) is 23.0 Å². The van der Waals surface area contributed by atoms with Crippen LogP contribution in [0.15, 0.2) is 11.4 Å². The summed E-state index contributed by atoms with van der Waals surface area (Å²) in [6.45, 7) is 5.86. The number of nitrogens with zero attached hydrogens (tertiary/aromatic N) is 2. The minimum Gasteiger partial charge on any atom is -0.335 e. The van der Waals surface area contributed by atoms with E-state index >= 15 is 0 Å². The minimum absolute atomic E-state index is 0.226. The Balaban J connectivity index is 1.70. The van der Waals surface area contributed by atoms with E-state index in [-0.39, 0.29) is 11.9 Å². The maximum absolute atomic E-state index is 12.2. The Morgan fingerprint density at radius 3 is 2.78 bits per heavy atom. The molecule has 1 fully saturated rings. The van der Waals surface area contributed by atoms with Gasteiger partial charge in [0.2, 0.25) is 5.91 Å². The predicted octanol–water partition coefficient (Wildman–Crippen LogP) is 2.78. The summed E-state index contributed by atoms with van der Waals surface area (Å²) in [5.41, 5.74) is 1.15. The van der Waals surface area contributed by atoms with Gasteiger partial charge in [0.25, 0.3) is 0 Å². The fourth-order valence-corrected chi connectivity index (χ4v) is 4.16. The lowest BCUT2D eigenvalue weighted by molar-refractivity contribution is -0.119. The Bertz CT molecular complexity index is 770. The van der Waals surface area contributed by atoms with Crippen molar-refractivity contribution in [1.82, 2.24) is 20.6 Å². The van der Waals surface area contributed by atoms with Gasteiger partial charge in [0, 0.05) is 16.3 Å². The molecule has 2 aromatic heterocycles. The highest BCUT2D eigenvalue weighted by Gasteiger charge is 2.25. The zero-order valence-corrected chi connectivity index (χ0v) is 14.8. The average molecular weight is 350 g/mol. The maximum atomic E-state index is 12.2. The molecule has 0 aliphatic heterocycles. The van der Waals surface area contributed by atoms with Crippen LogP contribution in [0.4, 0.5) is 4.79 Å². The van der Waals surface area contributed by atoms with Gasteiger partial charge >= 0.3 is 6.03 Å². The maximum Gasteiger partial charge on any atom is 0.321 e. The Kier molecular flexibility index (Phi) is 4.54. The first kappa shape index (κ1) is 16.2. The van der Waals surface area contributed by atoms with Crippen molar-refractivity contribution in [3.8, 4) is 0 Å². The van der Waals surface area contributed by atoms with Gasteiger partial charge in [0.05, 0.1) is 5.25 Å². The molecule has 2 heterocycles. The van der Waals surface area contributed by atoms with E-state index in [1.54, 1.807) is 18.3 Å². The van der Waals surface area contributed by atoms with Gasteiger partial charge in [-0.3, -0.25) is 10.1 Å². The molecule has 0 spiro atoms. The lowest BCUT2D eigenvalue weighted by Gasteiger charge is -2.12. The summed E-state index contributed by atoms with van der Waals surface area (Å²) in [7, 11) is 0. The summed E-state index contributed by atoms with van der Waals surface area (Å²) < 4.78 is 0. The third-order valence-electron chi connectivity index (χ3n) is 3.74. The molecule has 6 nitrogen and oxygen atoms in total. The normalized spacial score (nSPS) is 15.4. The van der Waals surface area contributed by atoms with Crippen molar-refractivity contribution in [2.24, 2.45) is 0 Å². The standard InChI is InChI=1S/C15H18N4O2S2/c1-7-8(2)22-13-11(7)14(17-6-16-13)23-9(3)12(20)19-15(21)18-10-4-5-10/h6,9-10H,4-5H2,1-3H3,(H2,18,19,20,21). The second kappa shape index (κ2) is 6.45. The van der Waals surface area contributed by atoms with Crippen molar-refractivity contribution < 1.29 is 9.59 Å². The molecule has 3 rings (SSSR count). The number of amides is 3. The zero-order chi connectivity index (χ0) is 16.6.